The number of hydrogen-bond acceptors (Lipinski definition) is 4. The molecule has 0 bridgehead atoms. The maximum Gasteiger partial charge on any atom is 0.418 e. The van der Waals surface area contributed by atoms with E-state index >= 15 is 0 Å². The second kappa shape index (κ2) is 8.94. The van der Waals surface area contributed by atoms with Gasteiger partial charge in [-0.15, -0.1) is 0 Å². The third-order valence-electron chi connectivity index (χ3n) is 4.49. The van der Waals surface area contributed by atoms with Gasteiger partial charge in [0.15, 0.2) is 0 Å². The van der Waals surface area contributed by atoms with E-state index in [4.69, 9.17) is 16.3 Å². The molecule has 1 aliphatic rings. The van der Waals surface area contributed by atoms with Crippen LogP contribution in [0.5, 0.6) is 0 Å². The molecular weight excluding hydrogens is 439 g/mol. The minimum Gasteiger partial charge on any atom is -0.385 e. The number of benzene rings is 2. The summed E-state index contributed by atoms with van der Waals surface area (Å²) in [4.78, 5) is 38.2. The molecule has 4 amide bonds. The number of rotatable bonds is 6. The summed E-state index contributed by atoms with van der Waals surface area (Å²) < 4.78 is 44.4. The number of methoxy groups -OCH3 is 1. The zero-order valence-electron chi connectivity index (χ0n) is 16.2. The maximum atomic E-state index is 13.2. The van der Waals surface area contributed by atoms with Crippen molar-refractivity contribution < 1.29 is 32.3 Å². The summed E-state index contributed by atoms with van der Waals surface area (Å²) in [5, 5.41) is 4.35. The average Bonchev–Trinajstić information content (AvgIpc) is 2.93. The summed E-state index contributed by atoms with van der Waals surface area (Å²) in [6.45, 7) is 0.561. The van der Waals surface area contributed by atoms with Gasteiger partial charge in [-0.2, -0.15) is 13.2 Å². The van der Waals surface area contributed by atoms with E-state index in [0.29, 0.717) is 19.1 Å². The number of ether oxygens (including phenoxy) is 1. The number of anilines is 2. The normalized spacial score (nSPS) is 13.4. The van der Waals surface area contributed by atoms with Crippen LogP contribution < -0.4 is 10.6 Å². The smallest absolute Gasteiger partial charge is 0.385 e. The lowest BCUT2D eigenvalue weighted by Gasteiger charge is -2.15. The first-order chi connectivity index (χ1) is 14.6. The van der Waals surface area contributed by atoms with Crippen molar-refractivity contribution >= 4 is 40.8 Å². The Morgan fingerprint density at radius 1 is 1.06 bits per heavy atom. The Morgan fingerprint density at radius 2 is 1.77 bits per heavy atom. The summed E-state index contributed by atoms with van der Waals surface area (Å²) >= 11 is 5.62. The van der Waals surface area contributed by atoms with Gasteiger partial charge in [0, 0.05) is 31.0 Å². The molecule has 0 saturated carbocycles. The summed E-state index contributed by atoms with van der Waals surface area (Å²) in [6, 6.07) is 6.06. The Bertz CT molecular complexity index is 1040. The first kappa shape index (κ1) is 22.6. The summed E-state index contributed by atoms with van der Waals surface area (Å²) in [6.07, 6.45) is -4.25. The molecule has 0 unspecified atom stereocenters. The Morgan fingerprint density at radius 3 is 2.45 bits per heavy atom. The molecule has 1 heterocycles. The largest absolute Gasteiger partial charge is 0.418 e. The minimum atomic E-state index is -4.72. The van der Waals surface area contributed by atoms with Crippen molar-refractivity contribution in [2.45, 2.75) is 12.6 Å². The van der Waals surface area contributed by atoms with Crippen LogP contribution in [0.1, 0.15) is 32.7 Å². The number of urea groups is 1. The van der Waals surface area contributed by atoms with Crippen LogP contribution in [-0.2, 0) is 10.9 Å². The quantitative estimate of drug-likeness (QED) is 0.491. The van der Waals surface area contributed by atoms with Gasteiger partial charge >= 0.3 is 12.2 Å². The number of carbonyl (C=O) groups excluding carboxylic acids is 3. The van der Waals surface area contributed by atoms with Gasteiger partial charge in [-0.1, -0.05) is 11.6 Å². The highest BCUT2D eigenvalue weighted by atomic mass is 35.5. The second-order valence-corrected chi connectivity index (χ2v) is 7.07. The molecule has 3 rings (SSSR count). The molecule has 31 heavy (non-hydrogen) atoms. The summed E-state index contributed by atoms with van der Waals surface area (Å²) in [7, 11) is 1.51. The Kier molecular flexibility index (Phi) is 6.51. The molecular formula is C20H17ClF3N3O4. The molecule has 0 spiro atoms. The van der Waals surface area contributed by atoms with Gasteiger partial charge < -0.3 is 15.4 Å². The van der Waals surface area contributed by atoms with Crippen LogP contribution in [0.4, 0.5) is 29.3 Å². The van der Waals surface area contributed by atoms with Crippen molar-refractivity contribution in [2.75, 3.05) is 30.9 Å². The number of carbonyl (C=O) groups is 3. The fourth-order valence-corrected chi connectivity index (χ4v) is 3.26. The van der Waals surface area contributed by atoms with Crippen LogP contribution in [0, 0.1) is 0 Å². The highest BCUT2D eigenvalue weighted by Gasteiger charge is 2.36. The van der Waals surface area contributed by atoms with Gasteiger partial charge in [0.25, 0.3) is 11.8 Å². The third kappa shape index (κ3) is 4.97. The molecule has 2 aromatic carbocycles. The van der Waals surface area contributed by atoms with Crippen molar-refractivity contribution in [1.29, 1.82) is 0 Å². The van der Waals surface area contributed by atoms with Crippen LogP contribution >= 0.6 is 11.6 Å². The van der Waals surface area contributed by atoms with E-state index in [1.165, 1.54) is 31.4 Å². The number of imide groups is 1. The molecule has 164 valence electrons. The highest BCUT2D eigenvalue weighted by molar-refractivity contribution is 6.30. The molecule has 0 saturated heterocycles. The highest BCUT2D eigenvalue weighted by Crippen LogP contribution is 2.36. The number of amides is 4. The van der Waals surface area contributed by atoms with E-state index in [1.807, 2.05) is 0 Å². The molecule has 0 aliphatic carbocycles. The van der Waals surface area contributed by atoms with Gasteiger partial charge in [-0.3, -0.25) is 14.5 Å². The van der Waals surface area contributed by atoms with Gasteiger partial charge in [-0.25, -0.2) is 4.79 Å². The topological polar surface area (TPSA) is 87.7 Å². The van der Waals surface area contributed by atoms with E-state index in [0.717, 1.165) is 11.0 Å². The number of fused-ring (bicyclic) bond motifs is 1. The van der Waals surface area contributed by atoms with E-state index in [9.17, 15) is 27.6 Å². The standard InChI is InChI=1S/C20H17ClF3N3O4/c1-31-8-2-7-27-17(28)13-5-4-12(10-14(13)18(27)29)25-19(30)26-16-6-3-11(21)9-15(16)20(22,23)24/h3-6,9-10H,2,7-8H2,1H3,(H2,25,26,30). The summed E-state index contributed by atoms with van der Waals surface area (Å²) in [5.74, 6) is -0.972. The van der Waals surface area contributed by atoms with Crippen LogP contribution in [0.25, 0.3) is 0 Å². The number of halogens is 4. The summed E-state index contributed by atoms with van der Waals surface area (Å²) in [5.41, 5.74) is -1.16. The third-order valence-corrected chi connectivity index (χ3v) is 4.73. The SMILES string of the molecule is COCCCN1C(=O)c2ccc(NC(=O)Nc3ccc(Cl)cc3C(F)(F)F)cc2C1=O. The Hall–Kier alpha value is -3.11. The average molecular weight is 456 g/mol. The van der Waals surface area contributed by atoms with Crippen molar-refractivity contribution in [1.82, 2.24) is 4.90 Å². The first-order valence-corrected chi connectivity index (χ1v) is 9.43. The second-order valence-electron chi connectivity index (χ2n) is 6.64. The zero-order chi connectivity index (χ0) is 22.8. The lowest BCUT2D eigenvalue weighted by atomic mass is 10.1. The van der Waals surface area contributed by atoms with Crippen molar-refractivity contribution in [3.63, 3.8) is 0 Å². The Balaban J connectivity index is 1.74. The lowest BCUT2D eigenvalue weighted by molar-refractivity contribution is -0.136. The predicted octanol–water partition coefficient (Wildman–Crippen LogP) is 4.64. The number of hydrogen-bond donors (Lipinski definition) is 2. The molecule has 0 fully saturated rings. The first-order valence-electron chi connectivity index (χ1n) is 9.05. The maximum absolute atomic E-state index is 13.2. The van der Waals surface area contributed by atoms with Crippen molar-refractivity contribution in [2.24, 2.45) is 0 Å². The number of alkyl halides is 3. The molecule has 2 N–H and O–H groups in total. The van der Waals surface area contributed by atoms with E-state index in [2.05, 4.69) is 10.6 Å². The fraction of sp³-hybridized carbons (Fsp3) is 0.250. The molecule has 7 nitrogen and oxygen atoms in total. The van der Waals surface area contributed by atoms with Crippen molar-refractivity contribution in [3.05, 3.63) is 58.1 Å². The van der Waals surface area contributed by atoms with E-state index < -0.39 is 35.3 Å². The van der Waals surface area contributed by atoms with Gasteiger partial charge in [-0.05, 0) is 42.8 Å². The molecule has 1 aliphatic heterocycles. The monoisotopic (exact) mass is 455 g/mol. The predicted molar refractivity (Wildman–Crippen MR) is 107 cm³/mol. The van der Waals surface area contributed by atoms with Crippen molar-refractivity contribution in [3.8, 4) is 0 Å². The van der Waals surface area contributed by atoms with E-state index in [-0.39, 0.29) is 28.4 Å². The fourth-order valence-electron chi connectivity index (χ4n) is 3.08. The van der Waals surface area contributed by atoms with Gasteiger partial charge in [0.05, 0.1) is 22.4 Å². The van der Waals surface area contributed by atoms with Gasteiger partial charge in [0.2, 0.25) is 0 Å². The van der Waals surface area contributed by atoms with Gasteiger partial charge in [0.1, 0.15) is 0 Å². The number of nitrogens with zero attached hydrogens (tertiary/aromatic N) is 1. The van der Waals surface area contributed by atoms with E-state index in [1.54, 1.807) is 0 Å². The molecule has 11 heteroatoms. The van der Waals surface area contributed by atoms with Crippen LogP contribution in [0.3, 0.4) is 0 Å². The molecule has 2 aromatic rings. The van der Waals surface area contributed by atoms with Crippen LogP contribution in [0.2, 0.25) is 5.02 Å². The zero-order valence-corrected chi connectivity index (χ0v) is 16.9. The van der Waals surface area contributed by atoms with Crippen LogP contribution in [-0.4, -0.2) is 43.0 Å². The number of nitrogens with one attached hydrogen (secondary N) is 2. The van der Waals surface area contributed by atoms with Crippen LogP contribution in [0.15, 0.2) is 36.4 Å². The Labute approximate surface area is 180 Å². The lowest BCUT2D eigenvalue weighted by Crippen LogP contribution is -2.31. The minimum absolute atomic E-state index is 0.0997. The molecule has 0 atom stereocenters. The molecule has 0 radical (unpaired) electrons. The molecule has 0 aromatic heterocycles.